The van der Waals surface area contributed by atoms with E-state index in [4.69, 9.17) is 4.74 Å². The van der Waals surface area contributed by atoms with Crippen molar-refractivity contribution in [3.05, 3.63) is 101 Å². The smallest absolute Gasteiger partial charge is 0.439 e. The Kier molecular flexibility index (Phi) is 6.21. The molecular formula is C26H25N5O4. The van der Waals surface area contributed by atoms with Crippen molar-refractivity contribution in [2.45, 2.75) is 6.61 Å². The van der Waals surface area contributed by atoms with Crippen molar-refractivity contribution in [1.82, 2.24) is 14.3 Å². The first-order valence-corrected chi connectivity index (χ1v) is 11.4. The van der Waals surface area contributed by atoms with Gasteiger partial charge in [-0.2, -0.15) is 0 Å². The van der Waals surface area contributed by atoms with Gasteiger partial charge in [0.1, 0.15) is 18.7 Å². The fraction of sp³-hybridized carbons (Fsp3) is 0.192. The highest BCUT2D eigenvalue weighted by atomic mass is 16.6. The first-order valence-electron chi connectivity index (χ1n) is 11.4. The first kappa shape index (κ1) is 22.3. The van der Waals surface area contributed by atoms with Gasteiger partial charge in [0.25, 0.3) is 0 Å². The number of aromatic hydroxyl groups is 1. The van der Waals surface area contributed by atoms with Crippen LogP contribution in [0.15, 0.2) is 90.0 Å². The van der Waals surface area contributed by atoms with Crippen LogP contribution in [0.4, 0.5) is 16.2 Å². The van der Waals surface area contributed by atoms with E-state index in [-0.39, 0.29) is 12.4 Å². The number of ether oxygens (including phenoxy) is 1. The summed E-state index contributed by atoms with van der Waals surface area (Å²) >= 11 is 0. The Bertz CT molecular complexity index is 1340. The molecule has 0 saturated carbocycles. The second kappa shape index (κ2) is 9.76. The molecule has 0 unspecified atom stereocenters. The lowest BCUT2D eigenvalue weighted by Gasteiger charge is -2.37. The number of aromatic nitrogens is 3. The standard InChI is InChI=1S/C26H25N5O4/c32-24-12-10-22(11-13-24)29-16-14-28(15-17-29)21-6-8-23(9-7-21)30-19-27-31(25(30)33)26(34)35-18-20-4-2-1-3-5-20/h1-13,19,32H,14-18H2. The Morgan fingerprint density at radius 1 is 0.800 bits per heavy atom. The van der Waals surface area contributed by atoms with E-state index in [0.29, 0.717) is 5.69 Å². The van der Waals surface area contributed by atoms with Crippen LogP contribution in [-0.4, -0.2) is 51.7 Å². The Hall–Kier alpha value is -4.53. The molecule has 178 valence electrons. The van der Waals surface area contributed by atoms with E-state index < -0.39 is 11.8 Å². The normalized spacial score (nSPS) is 13.6. The predicted molar refractivity (Wildman–Crippen MR) is 132 cm³/mol. The number of benzene rings is 3. The zero-order chi connectivity index (χ0) is 24.2. The molecule has 1 saturated heterocycles. The van der Waals surface area contributed by atoms with Crippen molar-refractivity contribution in [3.8, 4) is 11.4 Å². The SMILES string of the molecule is O=C(OCc1ccccc1)n1ncn(-c2ccc(N3CCN(c4ccc(O)cc4)CC3)cc2)c1=O. The Morgan fingerprint density at radius 3 is 1.94 bits per heavy atom. The van der Waals surface area contributed by atoms with E-state index >= 15 is 0 Å². The molecule has 1 aliphatic rings. The summed E-state index contributed by atoms with van der Waals surface area (Å²) < 4.78 is 7.25. The zero-order valence-corrected chi connectivity index (χ0v) is 19.0. The van der Waals surface area contributed by atoms with Gasteiger partial charge in [0.15, 0.2) is 0 Å². The van der Waals surface area contributed by atoms with Gasteiger partial charge in [-0.25, -0.2) is 14.2 Å². The third-order valence-corrected chi connectivity index (χ3v) is 6.04. The molecule has 1 N–H and O–H groups in total. The average molecular weight is 472 g/mol. The number of nitrogens with zero attached hydrogens (tertiary/aromatic N) is 5. The number of carbonyl (C=O) groups excluding carboxylic acids is 1. The molecule has 0 aliphatic carbocycles. The van der Waals surface area contributed by atoms with Crippen LogP contribution >= 0.6 is 0 Å². The van der Waals surface area contributed by atoms with Crippen LogP contribution in [0.1, 0.15) is 5.56 Å². The minimum atomic E-state index is -0.819. The largest absolute Gasteiger partial charge is 0.508 e. The maximum Gasteiger partial charge on any atom is 0.439 e. The molecule has 2 heterocycles. The van der Waals surface area contributed by atoms with Gasteiger partial charge in [0.2, 0.25) is 0 Å². The van der Waals surface area contributed by atoms with Crippen LogP contribution in [0.25, 0.3) is 5.69 Å². The molecule has 1 aromatic heterocycles. The fourth-order valence-electron chi connectivity index (χ4n) is 4.10. The van der Waals surface area contributed by atoms with Gasteiger partial charge in [-0.1, -0.05) is 30.3 Å². The molecule has 1 aliphatic heterocycles. The molecule has 3 aromatic carbocycles. The number of anilines is 2. The van der Waals surface area contributed by atoms with Gasteiger partial charge >= 0.3 is 11.8 Å². The van der Waals surface area contributed by atoms with Crippen molar-refractivity contribution in [1.29, 1.82) is 0 Å². The van der Waals surface area contributed by atoms with Crippen LogP contribution in [0.3, 0.4) is 0 Å². The van der Waals surface area contributed by atoms with E-state index in [9.17, 15) is 14.7 Å². The number of phenols is 1. The van der Waals surface area contributed by atoms with E-state index in [0.717, 1.165) is 47.8 Å². The first-order chi connectivity index (χ1) is 17.1. The number of hydrogen-bond acceptors (Lipinski definition) is 7. The summed E-state index contributed by atoms with van der Waals surface area (Å²) in [6.45, 7) is 3.50. The average Bonchev–Trinajstić information content (AvgIpc) is 3.30. The van der Waals surface area contributed by atoms with Gasteiger partial charge in [-0.15, -0.1) is 9.78 Å². The molecule has 0 bridgehead atoms. The second-order valence-electron chi connectivity index (χ2n) is 8.24. The fourth-order valence-corrected chi connectivity index (χ4v) is 4.10. The van der Waals surface area contributed by atoms with Crippen molar-refractivity contribution >= 4 is 17.5 Å². The lowest BCUT2D eigenvalue weighted by atomic mass is 10.2. The van der Waals surface area contributed by atoms with Crippen molar-refractivity contribution in [2.24, 2.45) is 0 Å². The van der Waals surface area contributed by atoms with Crippen molar-refractivity contribution in [2.75, 3.05) is 36.0 Å². The van der Waals surface area contributed by atoms with Gasteiger partial charge in [0.05, 0.1) is 5.69 Å². The molecule has 9 nitrogen and oxygen atoms in total. The highest BCUT2D eigenvalue weighted by Gasteiger charge is 2.19. The molecule has 9 heteroatoms. The summed E-state index contributed by atoms with van der Waals surface area (Å²) in [4.78, 5) is 29.6. The van der Waals surface area contributed by atoms with Crippen LogP contribution in [0, 0.1) is 0 Å². The van der Waals surface area contributed by atoms with Crippen LogP contribution < -0.4 is 15.5 Å². The van der Waals surface area contributed by atoms with Crippen LogP contribution in [-0.2, 0) is 11.3 Å². The summed E-state index contributed by atoms with van der Waals surface area (Å²) in [5.41, 5.74) is 3.01. The van der Waals surface area contributed by atoms with Gasteiger partial charge in [0, 0.05) is 37.6 Å². The Balaban J connectivity index is 1.21. The maximum atomic E-state index is 12.7. The lowest BCUT2D eigenvalue weighted by molar-refractivity contribution is 0.136. The maximum absolute atomic E-state index is 12.7. The van der Waals surface area contributed by atoms with E-state index in [1.165, 1.54) is 10.9 Å². The second-order valence-corrected chi connectivity index (χ2v) is 8.24. The topological polar surface area (TPSA) is 92.8 Å². The number of phenolic OH excluding ortho intramolecular Hbond substituents is 1. The van der Waals surface area contributed by atoms with Crippen LogP contribution in [0.5, 0.6) is 5.75 Å². The highest BCUT2D eigenvalue weighted by molar-refractivity contribution is 5.69. The lowest BCUT2D eigenvalue weighted by Crippen LogP contribution is -2.46. The van der Waals surface area contributed by atoms with E-state index in [1.54, 1.807) is 12.1 Å². The molecule has 35 heavy (non-hydrogen) atoms. The zero-order valence-electron chi connectivity index (χ0n) is 19.0. The minimum absolute atomic E-state index is 0.0632. The number of rotatable bonds is 5. The molecule has 5 rings (SSSR count). The van der Waals surface area contributed by atoms with E-state index in [1.807, 2.05) is 66.7 Å². The predicted octanol–water partition coefficient (Wildman–Crippen LogP) is 3.25. The summed E-state index contributed by atoms with van der Waals surface area (Å²) in [5.74, 6) is 0.265. The molecule has 0 radical (unpaired) electrons. The van der Waals surface area contributed by atoms with Crippen LogP contribution in [0.2, 0.25) is 0 Å². The third kappa shape index (κ3) is 4.89. The summed E-state index contributed by atoms with van der Waals surface area (Å²) in [6, 6.07) is 24.1. The van der Waals surface area contributed by atoms with Gasteiger partial charge in [-0.05, 0) is 54.1 Å². The third-order valence-electron chi connectivity index (χ3n) is 6.04. The summed E-state index contributed by atoms with van der Waals surface area (Å²) in [5, 5.41) is 13.4. The molecule has 1 fully saturated rings. The van der Waals surface area contributed by atoms with Gasteiger partial charge in [-0.3, -0.25) is 0 Å². The number of hydrogen-bond donors (Lipinski definition) is 1. The quantitative estimate of drug-likeness (QED) is 0.478. The molecule has 4 aromatic rings. The monoisotopic (exact) mass is 471 g/mol. The molecule has 0 atom stereocenters. The number of piperazine rings is 1. The highest BCUT2D eigenvalue weighted by Crippen LogP contribution is 2.23. The Labute approximate surface area is 202 Å². The molecule has 0 spiro atoms. The van der Waals surface area contributed by atoms with Crippen molar-refractivity contribution < 1.29 is 14.6 Å². The van der Waals surface area contributed by atoms with Crippen molar-refractivity contribution in [3.63, 3.8) is 0 Å². The summed E-state index contributed by atoms with van der Waals surface area (Å²) in [7, 11) is 0. The molecular weight excluding hydrogens is 446 g/mol. The number of carbonyl (C=O) groups is 1. The minimum Gasteiger partial charge on any atom is -0.508 e. The molecule has 0 amide bonds. The summed E-state index contributed by atoms with van der Waals surface area (Å²) in [6.07, 6.45) is 0.498. The van der Waals surface area contributed by atoms with Gasteiger partial charge < -0.3 is 19.6 Å². The van der Waals surface area contributed by atoms with E-state index in [2.05, 4.69) is 14.9 Å². The Morgan fingerprint density at radius 2 is 1.34 bits per heavy atom.